The van der Waals surface area contributed by atoms with Crippen molar-refractivity contribution in [3.8, 4) is 0 Å². The number of imide groups is 1. The van der Waals surface area contributed by atoms with Gasteiger partial charge in [-0.1, -0.05) is 37.0 Å². The van der Waals surface area contributed by atoms with E-state index in [9.17, 15) is 9.59 Å². The van der Waals surface area contributed by atoms with E-state index in [1.807, 2.05) is 13.8 Å². The van der Waals surface area contributed by atoms with Crippen LogP contribution in [0.15, 0.2) is 18.2 Å². The van der Waals surface area contributed by atoms with Crippen LogP contribution in [0.2, 0.25) is 10.0 Å². The van der Waals surface area contributed by atoms with Crippen LogP contribution in [0.5, 0.6) is 0 Å². The van der Waals surface area contributed by atoms with E-state index in [0.29, 0.717) is 28.6 Å². The van der Waals surface area contributed by atoms with Gasteiger partial charge in [-0.25, -0.2) is 9.69 Å². The largest absolute Gasteiger partial charge is 0.329 e. The second-order valence-electron chi connectivity index (χ2n) is 4.46. The molecule has 1 aromatic rings. The zero-order valence-electron chi connectivity index (χ0n) is 10.7. The van der Waals surface area contributed by atoms with Crippen molar-refractivity contribution in [2.24, 2.45) is 0 Å². The lowest BCUT2D eigenvalue weighted by molar-refractivity contribution is -0.122. The van der Waals surface area contributed by atoms with Gasteiger partial charge in [-0.2, -0.15) is 0 Å². The maximum Gasteiger partial charge on any atom is 0.329 e. The molecule has 1 heterocycles. The average molecular weight is 301 g/mol. The quantitative estimate of drug-likeness (QED) is 0.867. The Bertz CT molecular complexity index is 541. The molecule has 6 heteroatoms. The summed E-state index contributed by atoms with van der Waals surface area (Å²) in [5.74, 6) is -0.249. The lowest BCUT2D eigenvalue weighted by Crippen LogP contribution is -2.45. The second-order valence-corrected chi connectivity index (χ2v) is 5.27. The Morgan fingerprint density at radius 1 is 1.16 bits per heavy atom. The number of hydrogen-bond acceptors (Lipinski definition) is 2. The van der Waals surface area contributed by atoms with E-state index in [0.717, 1.165) is 4.90 Å². The summed E-state index contributed by atoms with van der Waals surface area (Å²) < 4.78 is 0. The standard InChI is InChI=1S/C13H14Cl2N2O2/c1-3-13(4-2)11(18)17(12(19)16-13)8-5-6-9(14)10(15)7-8/h5-7H,3-4H2,1-2H3,(H,16,19). The molecule has 1 aromatic carbocycles. The molecule has 2 rings (SSSR count). The number of carbonyl (C=O) groups excluding carboxylic acids is 2. The third-order valence-electron chi connectivity index (χ3n) is 3.53. The van der Waals surface area contributed by atoms with Gasteiger partial charge in [0.15, 0.2) is 0 Å². The number of nitrogens with zero attached hydrogens (tertiary/aromatic N) is 1. The van der Waals surface area contributed by atoms with Gasteiger partial charge in [0.2, 0.25) is 0 Å². The van der Waals surface area contributed by atoms with Crippen LogP contribution in [0.25, 0.3) is 0 Å². The third-order valence-corrected chi connectivity index (χ3v) is 4.27. The molecule has 1 aliphatic rings. The van der Waals surface area contributed by atoms with E-state index >= 15 is 0 Å². The molecule has 4 nitrogen and oxygen atoms in total. The van der Waals surface area contributed by atoms with Crippen molar-refractivity contribution in [3.63, 3.8) is 0 Å². The highest BCUT2D eigenvalue weighted by Gasteiger charge is 2.49. The monoisotopic (exact) mass is 300 g/mol. The summed E-state index contributed by atoms with van der Waals surface area (Å²) >= 11 is 11.8. The van der Waals surface area contributed by atoms with Crippen molar-refractivity contribution in [1.82, 2.24) is 5.32 Å². The number of urea groups is 1. The molecule has 0 aromatic heterocycles. The fourth-order valence-corrected chi connectivity index (χ4v) is 2.50. The summed E-state index contributed by atoms with van der Waals surface area (Å²) in [6.45, 7) is 3.75. The van der Waals surface area contributed by atoms with Gasteiger partial charge >= 0.3 is 6.03 Å². The summed E-state index contributed by atoms with van der Waals surface area (Å²) in [6.07, 6.45) is 1.10. The highest BCUT2D eigenvalue weighted by molar-refractivity contribution is 6.42. The number of hydrogen-bond donors (Lipinski definition) is 1. The smallest absolute Gasteiger partial charge is 0.323 e. The lowest BCUT2D eigenvalue weighted by Gasteiger charge is -2.23. The fraction of sp³-hybridized carbons (Fsp3) is 0.385. The minimum absolute atomic E-state index is 0.249. The van der Waals surface area contributed by atoms with Crippen LogP contribution in [0.4, 0.5) is 10.5 Å². The van der Waals surface area contributed by atoms with Crippen molar-refractivity contribution in [1.29, 1.82) is 0 Å². The van der Waals surface area contributed by atoms with Gasteiger partial charge in [0.25, 0.3) is 5.91 Å². The number of anilines is 1. The van der Waals surface area contributed by atoms with Gasteiger partial charge in [-0.3, -0.25) is 4.79 Å². The molecule has 0 unspecified atom stereocenters. The molecule has 0 spiro atoms. The first-order valence-electron chi connectivity index (χ1n) is 6.07. The number of benzene rings is 1. The summed E-state index contributed by atoms with van der Waals surface area (Å²) in [4.78, 5) is 25.6. The zero-order chi connectivity index (χ0) is 14.2. The topological polar surface area (TPSA) is 49.4 Å². The van der Waals surface area contributed by atoms with Crippen LogP contribution in [0.3, 0.4) is 0 Å². The lowest BCUT2D eigenvalue weighted by atomic mass is 9.93. The van der Waals surface area contributed by atoms with Crippen molar-refractivity contribution in [3.05, 3.63) is 28.2 Å². The summed E-state index contributed by atoms with van der Waals surface area (Å²) in [5, 5.41) is 3.45. The maximum atomic E-state index is 12.5. The number of nitrogens with one attached hydrogen (secondary N) is 1. The van der Waals surface area contributed by atoms with Crippen molar-refractivity contribution < 1.29 is 9.59 Å². The van der Waals surface area contributed by atoms with Gasteiger partial charge < -0.3 is 5.32 Å². The molecule has 19 heavy (non-hydrogen) atoms. The van der Waals surface area contributed by atoms with Gasteiger partial charge in [-0.15, -0.1) is 0 Å². The SMILES string of the molecule is CCC1(CC)NC(=O)N(c2ccc(Cl)c(Cl)c2)C1=O. The first kappa shape index (κ1) is 14.2. The Kier molecular flexibility index (Phi) is 3.74. The van der Waals surface area contributed by atoms with E-state index in [2.05, 4.69) is 5.32 Å². The molecule has 102 valence electrons. The van der Waals surface area contributed by atoms with E-state index in [-0.39, 0.29) is 5.91 Å². The molecule has 1 fully saturated rings. The molecule has 0 bridgehead atoms. The number of amides is 3. The van der Waals surface area contributed by atoms with Gasteiger partial charge in [0, 0.05) is 0 Å². The van der Waals surface area contributed by atoms with Gasteiger partial charge in [0.05, 0.1) is 15.7 Å². The predicted octanol–water partition coefficient (Wildman–Crippen LogP) is 3.61. The fourth-order valence-electron chi connectivity index (χ4n) is 2.21. The second kappa shape index (κ2) is 5.02. The Balaban J connectivity index is 2.43. The Morgan fingerprint density at radius 2 is 1.79 bits per heavy atom. The number of carbonyl (C=O) groups is 2. The van der Waals surface area contributed by atoms with Crippen molar-refractivity contribution in [2.45, 2.75) is 32.2 Å². The minimum atomic E-state index is -0.816. The van der Waals surface area contributed by atoms with Gasteiger partial charge in [0.1, 0.15) is 5.54 Å². The average Bonchev–Trinajstić information content (AvgIpc) is 2.65. The van der Waals surface area contributed by atoms with Crippen molar-refractivity contribution >= 4 is 40.8 Å². The molecule has 0 saturated carbocycles. The van der Waals surface area contributed by atoms with Gasteiger partial charge in [-0.05, 0) is 31.0 Å². The molecule has 0 aliphatic carbocycles. The molecule has 1 N–H and O–H groups in total. The summed E-state index contributed by atoms with van der Waals surface area (Å²) in [6, 6.07) is 4.26. The van der Waals surface area contributed by atoms with Crippen LogP contribution in [-0.2, 0) is 4.79 Å². The maximum absolute atomic E-state index is 12.5. The normalized spacial score (nSPS) is 17.8. The third kappa shape index (κ3) is 2.19. The Morgan fingerprint density at radius 3 is 2.26 bits per heavy atom. The number of rotatable bonds is 3. The summed E-state index contributed by atoms with van der Waals surface area (Å²) in [7, 11) is 0. The van der Waals surface area contributed by atoms with Crippen LogP contribution in [0.1, 0.15) is 26.7 Å². The Labute approximate surface area is 121 Å². The molecular weight excluding hydrogens is 287 g/mol. The van der Waals surface area contributed by atoms with Crippen LogP contribution in [0, 0.1) is 0 Å². The van der Waals surface area contributed by atoms with Crippen molar-refractivity contribution in [2.75, 3.05) is 4.90 Å². The molecule has 0 atom stereocenters. The van der Waals surface area contributed by atoms with Crippen LogP contribution < -0.4 is 10.2 Å². The van der Waals surface area contributed by atoms with Crippen LogP contribution in [-0.4, -0.2) is 17.5 Å². The molecule has 1 aliphatic heterocycles. The minimum Gasteiger partial charge on any atom is -0.323 e. The van der Waals surface area contributed by atoms with E-state index in [4.69, 9.17) is 23.2 Å². The molecular formula is C13H14Cl2N2O2. The highest BCUT2D eigenvalue weighted by atomic mass is 35.5. The van der Waals surface area contributed by atoms with Crippen LogP contribution >= 0.6 is 23.2 Å². The summed E-state index contributed by atoms with van der Waals surface area (Å²) in [5.41, 5.74) is -0.385. The number of halogens is 2. The van der Waals surface area contributed by atoms with E-state index in [1.165, 1.54) is 6.07 Å². The van der Waals surface area contributed by atoms with E-state index in [1.54, 1.807) is 12.1 Å². The first-order chi connectivity index (χ1) is 8.95. The highest BCUT2D eigenvalue weighted by Crippen LogP contribution is 2.32. The molecule has 3 amide bonds. The zero-order valence-corrected chi connectivity index (χ0v) is 12.2. The van der Waals surface area contributed by atoms with E-state index < -0.39 is 11.6 Å². The Hall–Kier alpha value is -1.26. The predicted molar refractivity (Wildman–Crippen MR) is 75.8 cm³/mol. The first-order valence-corrected chi connectivity index (χ1v) is 6.82. The molecule has 1 saturated heterocycles. The molecule has 0 radical (unpaired) electrons.